The van der Waals surface area contributed by atoms with Gasteiger partial charge in [-0.25, -0.2) is 5.43 Å². The molecule has 47 valence electrons. The Hall–Kier alpha value is -1.46. The van der Waals surface area contributed by atoms with Gasteiger partial charge in [-0.2, -0.15) is 0 Å². The molecule has 0 aliphatic rings. The van der Waals surface area contributed by atoms with Gasteiger partial charge in [-0.15, -0.1) is 9.89 Å². The second-order valence-corrected chi connectivity index (χ2v) is 1.29. The van der Waals surface area contributed by atoms with Crippen molar-refractivity contribution >= 4 is 5.91 Å². The third-order valence-corrected chi connectivity index (χ3v) is 0.588. The van der Waals surface area contributed by atoms with E-state index in [1.165, 1.54) is 6.33 Å². The van der Waals surface area contributed by atoms with Crippen LogP contribution in [-0.4, -0.2) is 26.2 Å². The van der Waals surface area contributed by atoms with Crippen LogP contribution in [0.1, 0.15) is 0 Å². The van der Waals surface area contributed by atoms with Crippen LogP contribution in [0.2, 0.25) is 0 Å². The molecule has 1 amide bonds. The molecule has 9 heavy (non-hydrogen) atoms. The molecule has 0 atom stereocenters. The Morgan fingerprint density at radius 3 is 3.00 bits per heavy atom. The van der Waals surface area contributed by atoms with Crippen molar-refractivity contribution in [3.05, 3.63) is 13.3 Å². The Bertz CT molecular complexity index is 192. The number of amides is 1. The van der Waals surface area contributed by atoms with Crippen molar-refractivity contribution in [3.63, 3.8) is 0 Å². The molecular formula is C3H4N5O. The first-order valence-corrected chi connectivity index (χ1v) is 2.15. The minimum absolute atomic E-state index is 0.456. The summed E-state index contributed by atoms with van der Waals surface area (Å²) < 4.78 is 0. The summed E-state index contributed by atoms with van der Waals surface area (Å²) in [4.78, 5) is 11.2. The molecule has 0 spiro atoms. The molecule has 0 fully saturated rings. The summed E-state index contributed by atoms with van der Waals surface area (Å²) in [7, 11) is 0. The van der Waals surface area contributed by atoms with Gasteiger partial charge in [0.05, 0.1) is 0 Å². The van der Waals surface area contributed by atoms with Crippen molar-refractivity contribution in [1.82, 2.24) is 20.3 Å². The second kappa shape index (κ2) is 2.21. The number of tetrazole rings is 1. The number of hydrogen-bond donors (Lipinski definition) is 1. The molecule has 1 radical (unpaired) electrons. The lowest BCUT2D eigenvalue weighted by atomic mass is 10.8. The standard InChI is InChI=1S/C3H4N5O/c1-3(9)5-8-2-4-6-7-8/h2H,1H2,(H,5,9). The maximum atomic E-state index is 10.2. The summed E-state index contributed by atoms with van der Waals surface area (Å²) in [6.07, 6.45) is 1.25. The van der Waals surface area contributed by atoms with Crippen LogP contribution >= 0.6 is 0 Å². The fourth-order valence-corrected chi connectivity index (χ4v) is 0.340. The highest BCUT2D eigenvalue weighted by Gasteiger charge is 1.91. The number of nitrogens with zero attached hydrogens (tertiary/aromatic N) is 4. The smallest absolute Gasteiger partial charge is 0.240 e. The molecule has 1 rings (SSSR count). The first-order chi connectivity index (χ1) is 4.29. The molecule has 0 bridgehead atoms. The van der Waals surface area contributed by atoms with E-state index in [4.69, 9.17) is 0 Å². The van der Waals surface area contributed by atoms with Gasteiger partial charge >= 0.3 is 0 Å². The third kappa shape index (κ3) is 1.48. The van der Waals surface area contributed by atoms with Crippen molar-refractivity contribution in [3.8, 4) is 0 Å². The molecule has 1 N–H and O–H groups in total. The van der Waals surface area contributed by atoms with Gasteiger partial charge in [-0.05, 0) is 10.4 Å². The zero-order valence-corrected chi connectivity index (χ0v) is 4.48. The van der Waals surface area contributed by atoms with Crippen LogP contribution in [0.25, 0.3) is 0 Å². The second-order valence-electron chi connectivity index (χ2n) is 1.29. The van der Waals surface area contributed by atoms with Gasteiger partial charge in [0, 0.05) is 6.92 Å². The molecule has 0 aliphatic carbocycles. The first-order valence-electron chi connectivity index (χ1n) is 2.15. The molecule has 0 aromatic carbocycles. The van der Waals surface area contributed by atoms with E-state index in [9.17, 15) is 4.79 Å². The Morgan fingerprint density at radius 1 is 1.78 bits per heavy atom. The van der Waals surface area contributed by atoms with E-state index in [2.05, 4.69) is 27.9 Å². The summed E-state index contributed by atoms with van der Waals surface area (Å²) >= 11 is 0. The summed E-state index contributed by atoms with van der Waals surface area (Å²) in [5, 5.41) is 9.87. The van der Waals surface area contributed by atoms with Crippen LogP contribution in [0.5, 0.6) is 0 Å². The van der Waals surface area contributed by atoms with Gasteiger partial charge < -0.3 is 0 Å². The predicted octanol–water partition coefficient (Wildman–Crippen LogP) is -1.42. The molecular weight excluding hydrogens is 122 g/mol. The van der Waals surface area contributed by atoms with Crippen LogP contribution in [0.15, 0.2) is 6.33 Å². The molecule has 6 nitrogen and oxygen atoms in total. The normalized spacial score (nSPS) is 9.00. The zero-order chi connectivity index (χ0) is 6.69. The highest BCUT2D eigenvalue weighted by atomic mass is 16.2. The van der Waals surface area contributed by atoms with Crippen molar-refractivity contribution < 1.29 is 4.79 Å². The minimum Gasteiger partial charge on any atom is -0.273 e. The van der Waals surface area contributed by atoms with Gasteiger partial charge in [0.1, 0.15) is 0 Å². The Kier molecular flexibility index (Phi) is 1.39. The van der Waals surface area contributed by atoms with E-state index in [0.717, 1.165) is 4.79 Å². The van der Waals surface area contributed by atoms with E-state index in [1.54, 1.807) is 0 Å². The van der Waals surface area contributed by atoms with Gasteiger partial charge in [-0.1, -0.05) is 0 Å². The predicted molar refractivity (Wildman–Crippen MR) is 27.5 cm³/mol. The maximum Gasteiger partial charge on any atom is 0.240 e. The molecule has 0 aliphatic heterocycles. The van der Waals surface area contributed by atoms with Crippen LogP contribution in [0, 0.1) is 6.92 Å². The lowest BCUT2D eigenvalue weighted by molar-refractivity contribution is -0.113. The summed E-state index contributed by atoms with van der Waals surface area (Å²) in [6, 6.07) is 0. The van der Waals surface area contributed by atoms with Crippen molar-refractivity contribution in [2.75, 3.05) is 5.43 Å². The number of carbonyl (C=O) groups is 1. The third-order valence-electron chi connectivity index (χ3n) is 0.588. The monoisotopic (exact) mass is 126 g/mol. The summed E-state index contributed by atoms with van der Waals surface area (Å²) in [5.74, 6) is -0.456. The van der Waals surface area contributed by atoms with E-state index in [-0.39, 0.29) is 0 Å². The largest absolute Gasteiger partial charge is 0.273 e. The molecule has 1 heterocycles. The SMILES string of the molecule is [CH2]C(=O)Nn1cnnn1. The number of carbonyl (C=O) groups excluding carboxylic acids is 1. The zero-order valence-electron chi connectivity index (χ0n) is 4.48. The lowest BCUT2D eigenvalue weighted by Crippen LogP contribution is -2.20. The van der Waals surface area contributed by atoms with Crippen molar-refractivity contribution in [2.24, 2.45) is 0 Å². The first kappa shape index (κ1) is 5.67. The Balaban J connectivity index is 2.58. The van der Waals surface area contributed by atoms with Gasteiger partial charge in [0.25, 0.3) is 0 Å². The van der Waals surface area contributed by atoms with Crippen LogP contribution in [0.4, 0.5) is 0 Å². The highest BCUT2D eigenvalue weighted by Crippen LogP contribution is 1.67. The van der Waals surface area contributed by atoms with Crippen LogP contribution < -0.4 is 5.43 Å². The van der Waals surface area contributed by atoms with Gasteiger partial charge in [0.2, 0.25) is 5.91 Å². The number of nitrogens with one attached hydrogen (secondary N) is 1. The fourth-order valence-electron chi connectivity index (χ4n) is 0.340. The van der Waals surface area contributed by atoms with Gasteiger partial charge in [-0.3, -0.25) is 4.79 Å². The molecule has 0 unspecified atom stereocenters. The number of hydrogen-bond acceptors (Lipinski definition) is 4. The minimum atomic E-state index is -0.456. The molecule has 0 saturated heterocycles. The topological polar surface area (TPSA) is 72.7 Å². The average Bonchev–Trinajstić information content (AvgIpc) is 2.15. The molecule has 1 aromatic heterocycles. The van der Waals surface area contributed by atoms with Crippen molar-refractivity contribution in [1.29, 1.82) is 0 Å². The van der Waals surface area contributed by atoms with E-state index in [0.29, 0.717) is 0 Å². The Morgan fingerprint density at radius 2 is 2.56 bits per heavy atom. The van der Waals surface area contributed by atoms with E-state index < -0.39 is 5.91 Å². The number of rotatable bonds is 1. The van der Waals surface area contributed by atoms with E-state index >= 15 is 0 Å². The molecule has 6 heteroatoms. The molecule has 1 aromatic rings. The van der Waals surface area contributed by atoms with Crippen LogP contribution in [-0.2, 0) is 4.79 Å². The quantitative estimate of drug-likeness (QED) is 0.501. The summed E-state index contributed by atoms with van der Waals surface area (Å²) in [6.45, 7) is 3.05. The average molecular weight is 126 g/mol. The number of aromatic nitrogens is 4. The lowest BCUT2D eigenvalue weighted by Gasteiger charge is -1.94. The van der Waals surface area contributed by atoms with E-state index in [1.807, 2.05) is 0 Å². The van der Waals surface area contributed by atoms with Crippen molar-refractivity contribution in [2.45, 2.75) is 0 Å². The summed E-state index contributed by atoms with van der Waals surface area (Å²) in [5.41, 5.74) is 2.22. The fraction of sp³-hybridized carbons (Fsp3) is 0. The molecule has 0 saturated carbocycles. The van der Waals surface area contributed by atoms with Crippen LogP contribution in [0.3, 0.4) is 0 Å². The Labute approximate surface area is 50.8 Å². The highest BCUT2D eigenvalue weighted by molar-refractivity contribution is 5.87. The van der Waals surface area contributed by atoms with Gasteiger partial charge in [0.15, 0.2) is 6.33 Å². The maximum absolute atomic E-state index is 10.2.